The van der Waals surface area contributed by atoms with Gasteiger partial charge in [0.2, 0.25) is 23.6 Å². The number of esters is 2. The van der Waals surface area contributed by atoms with E-state index < -0.39 is 36.1 Å². The minimum atomic E-state index is -0.962. The third-order valence-corrected chi connectivity index (χ3v) is 6.05. The fourth-order valence-electron chi connectivity index (χ4n) is 4.45. The second kappa shape index (κ2) is 8.97. The molecule has 4 heterocycles. The summed E-state index contributed by atoms with van der Waals surface area (Å²) >= 11 is 0. The predicted octanol–water partition coefficient (Wildman–Crippen LogP) is -2.39. The molecule has 12 heteroatoms. The third kappa shape index (κ3) is 4.30. The van der Waals surface area contributed by atoms with E-state index in [1.165, 1.54) is 9.80 Å². The van der Waals surface area contributed by atoms with Crippen LogP contribution in [0.4, 0.5) is 0 Å². The molecule has 0 unspecified atom stereocenters. The average Bonchev–Trinajstić information content (AvgIpc) is 3.46. The second-order valence-electron chi connectivity index (χ2n) is 8.10. The van der Waals surface area contributed by atoms with Crippen molar-refractivity contribution in [1.82, 2.24) is 20.4 Å². The fraction of sp³-hybridized carbons (Fsp3) is 0.600. The summed E-state index contributed by atoms with van der Waals surface area (Å²) in [4.78, 5) is 75.4. The minimum Gasteiger partial charge on any atom is -0.460 e. The Morgan fingerprint density at radius 2 is 1.19 bits per heavy atom. The van der Waals surface area contributed by atoms with Crippen molar-refractivity contribution in [3.8, 4) is 0 Å². The number of rotatable bonds is 6. The Labute approximate surface area is 183 Å². The molecule has 0 aromatic carbocycles. The Kier molecular flexibility index (Phi) is 6.10. The van der Waals surface area contributed by atoms with Crippen molar-refractivity contribution in [3.63, 3.8) is 0 Å². The monoisotopic (exact) mass is 448 g/mol. The maximum Gasteiger partial charge on any atom is 0.331 e. The number of hydrogen-bond acceptors (Lipinski definition) is 8. The minimum absolute atomic E-state index is 0.271. The highest BCUT2D eigenvalue weighted by atomic mass is 16.5. The molecule has 4 saturated heterocycles. The molecular weight excluding hydrogens is 424 g/mol. The standard InChI is InChI=1S/C20H24N4O8/c25-15(31-9-11-19(29)23-7-1-3-13(23)17(27)21-11)5-6-16(26)32-10-12-20(30)24-8-2-4-14(24)18(28)22-12/h5-6,11-14H,1-4,7-10H2,(H,21,27)(H,22,28)/b6-5+/t11-,12-,13-,14-/m0/s1. The van der Waals surface area contributed by atoms with Crippen LogP contribution in [0, 0.1) is 0 Å². The SMILES string of the molecule is O=C(/C=C/C(=O)OC[C@@H]1NC(=O)[C@@H]2CCCN2C1=O)OC[C@@H]1NC(=O)[C@@H]2CCCN2C1=O. The molecule has 0 aliphatic carbocycles. The number of carbonyl (C=O) groups is 6. The zero-order valence-corrected chi connectivity index (χ0v) is 17.3. The first kappa shape index (κ1) is 21.8. The van der Waals surface area contributed by atoms with E-state index in [9.17, 15) is 28.8 Å². The summed E-state index contributed by atoms with van der Waals surface area (Å²) in [5, 5.41) is 5.09. The molecule has 4 amide bonds. The van der Waals surface area contributed by atoms with Crippen LogP contribution in [0.5, 0.6) is 0 Å². The van der Waals surface area contributed by atoms with Crippen LogP contribution in [0.15, 0.2) is 12.2 Å². The maximum absolute atomic E-state index is 12.4. The smallest absolute Gasteiger partial charge is 0.331 e. The van der Waals surface area contributed by atoms with Crippen LogP contribution >= 0.6 is 0 Å². The Hall–Kier alpha value is -3.44. The third-order valence-electron chi connectivity index (χ3n) is 6.05. The van der Waals surface area contributed by atoms with Gasteiger partial charge in [-0.25, -0.2) is 9.59 Å². The van der Waals surface area contributed by atoms with Crippen LogP contribution < -0.4 is 10.6 Å². The predicted molar refractivity (Wildman–Crippen MR) is 104 cm³/mol. The Morgan fingerprint density at radius 1 is 0.781 bits per heavy atom. The van der Waals surface area contributed by atoms with Gasteiger partial charge in [-0.15, -0.1) is 0 Å². The van der Waals surface area contributed by atoms with E-state index in [1.54, 1.807) is 0 Å². The molecule has 32 heavy (non-hydrogen) atoms. The van der Waals surface area contributed by atoms with Gasteiger partial charge in [-0.1, -0.05) is 0 Å². The van der Waals surface area contributed by atoms with E-state index >= 15 is 0 Å². The number of ether oxygens (including phenoxy) is 2. The molecule has 0 saturated carbocycles. The van der Waals surface area contributed by atoms with Crippen LogP contribution in [0.2, 0.25) is 0 Å². The van der Waals surface area contributed by atoms with Crippen molar-refractivity contribution < 1.29 is 38.2 Å². The molecule has 4 rings (SSSR count). The number of piperazine rings is 2. The van der Waals surface area contributed by atoms with E-state index in [1.807, 2.05) is 0 Å². The van der Waals surface area contributed by atoms with E-state index in [0.717, 1.165) is 25.0 Å². The normalized spacial score (nSPS) is 29.5. The molecule has 0 spiro atoms. The van der Waals surface area contributed by atoms with Gasteiger partial charge in [-0.2, -0.15) is 0 Å². The Bertz CT molecular complexity index is 817. The number of hydrogen-bond donors (Lipinski definition) is 2. The molecule has 4 fully saturated rings. The molecule has 2 N–H and O–H groups in total. The van der Waals surface area contributed by atoms with Gasteiger partial charge < -0.3 is 29.9 Å². The van der Waals surface area contributed by atoms with E-state index in [0.29, 0.717) is 25.9 Å². The molecular formula is C20H24N4O8. The van der Waals surface area contributed by atoms with Gasteiger partial charge in [0.1, 0.15) is 37.4 Å². The first-order chi connectivity index (χ1) is 15.3. The molecule has 0 bridgehead atoms. The number of carbonyl (C=O) groups excluding carboxylic acids is 6. The lowest BCUT2D eigenvalue weighted by Gasteiger charge is -2.34. The zero-order valence-electron chi connectivity index (χ0n) is 17.3. The quantitative estimate of drug-likeness (QED) is 0.337. The van der Waals surface area contributed by atoms with Crippen molar-refractivity contribution >= 4 is 35.6 Å². The number of nitrogens with one attached hydrogen (secondary N) is 2. The highest BCUT2D eigenvalue weighted by Crippen LogP contribution is 2.23. The fourth-order valence-corrected chi connectivity index (χ4v) is 4.45. The summed E-state index contributed by atoms with van der Waals surface area (Å²) in [6.45, 7) is 0.280. The van der Waals surface area contributed by atoms with Crippen molar-refractivity contribution in [2.45, 2.75) is 49.9 Å². The highest BCUT2D eigenvalue weighted by Gasteiger charge is 2.44. The summed E-state index contributed by atoms with van der Waals surface area (Å²) in [6, 6.07) is -2.84. The van der Waals surface area contributed by atoms with Crippen molar-refractivity contribution in [2.75, 3.05) is 26.3 Å². The average molecular weight is 448 g/mol. The van der Waals surface area contributed by atoms with Gasteiger partial charge in [0.15, 0.2) is 0 Å². The summed E-state index contributed by atoms with van der Waals surface area (Å²) < 4.78 is 9.92. The summed E-state index contributed by atoms with van der Waals surface area (Å²) in [7, 11) is 0. The molecule has 4 aliphatic heterocycles. The Morgan fingerprint density at radius 3 is 1.59 bits per heavy atom. The summed E-state index contributed by atoms with van der Waals surface area (Å²) in [6.07, 6.45) is 4.38. The summed E-state index contributed by atoms with van der Waals surface area (Å²) in [5.41, 5.74) is 0. The number of amides is 4. The lowest BCUT2D eigenvalue weighted by Crippen LogP contribution is -2.62. The molecule has 172 valence electrons. The van der Waals surface area contributed by atoms with Crippen LogP contribution in [0.25, 0.3) is 0 Å². The van der Waals surface area contributed by atoms with Gasteiger partial charge in [0, 0.05) is 25.2 Å². The first-order valence-corrected chi connectivity index (χ1v) is 10.6. The molecule has 4 aliphatic rings. The zero-order chi connectivity index (χ0) is 22.8. The maximum atomic E-state index is 12.4. The summed E-state index contributed by atoms with van der Waals surface area (Å²) in [5.74, 6) is -2.94. The molecule has 0 radical (unpaired) electrons. The number of fused-ring (bicyclic) bond motifs is 2. The molecule has 0 aromatic heterocycles. The lowest BCUT2D eigenvalue weighted by atomic mass is 10.1. The second-order valence-corrected chi connectivity index (χ2v) is 8.10. The molecule has 4 atom stereocenters. The van der Waals surface area contributed by atoms with Gasteiger partial charge in [0.25, 0.3) is 0 Å². The first-order valence-electron chi connectivity index (χ1n) is 10.6. The van der Waals surface area contributed by atoms with Crippen LogP contribution in [-0.2, 0) is 38.2 Å². The van der Waals surface area contributed by atoms with E-state index in [2.05, 4.69) is 10.6 Å². The van der Waals surface area contributed by atoms with Crippen LogP contribution in [0.1, 0.15) is 25.7 Å². The van der Waals surface area contributed by atoms with Gasteiger partial charge in [-0.3, -0.25) is 19.2 Å². The van der Waals surface area contributed by atoms with Gasteiger partial charge in [-0.05, 0) is 25.7 Å². The van der Waals surface area contributed by atoms with E-state index in [-0.39, 0.29) is 36.8 Å². The van der Waals surface area contributed by atoms with Crippen molar-refractivity contribution in [2.24, 2.45) is 0 Å². The van der Waals surface area contributed by atoms with Crippen LogP contribution in [0.3, 0.4) is 0 Å². The Balaban J connectivity index is 1.20. The largest absolute Gasteiger partial charge is 0.460 e. The van der Waals surface area contributed by atoms with Crippen LogP contribution in [-0.4, -0.2) is 95.8 Å². The van der Waals surface area contributed by atoms with Gasteiger partial charge >= 0.3 is 11.9 Å². The van der Waals surface area contributed by atoms with Gasteiger partial charge in [0.05, 0.1) is 0 Å². The van der Waals surface area contributed by atoms with E-state index in [4.69, 9.17) is 9.47 Å². The highest BCUT2D eigenvalue weighted by molar-refractivity contribution is 5.99. The van der Waals surface area contributed by atoms with Crippen molar-refractivity contribution in [1.29, 1.82) is 0 Å². The topological polar surface area (TPSA) is 151 Å². The van der Waals surface area contributed by atoms with Crippen molar-refractivity contribution in [3.05, 3.63) is 12.2 Å². The number of nitrogens with zero attached hydrogens (tertiary/aromatic N) is 2. The lowest BCUT2D eigenvalue weighted by molar-refractivity contribution is -0.152. The molecule has 12 nitrogen and oxygen atoms in total. The molecule has 0 aromatic rings.